The second-order valence-corrected chi connectivity index (χ2v) is 7.77. The van der Waals surface area contributed by atoms with Gasteiger partial charge in [0.05, 0.1) is 11.0 Å². The maximum atomic E-state index is 12.6. The van der Waals surface area contributed by atoms with Crippen molar-refractivity contribution in [1.82, 2.24) is 20.5 Å². The van der Waals surface area contributed by atoms with E-state index < -0.39 is 11.9 Å². The van der Waals surface area contributed by atoms with Gasteiger partial charge in [-0.15, -0.1) is 11.3 Å². The van der Waals surface area contributed by atoms with Crippen LogP contribution in [0, 0.1) is 0 Å². The van der Waals surface area contributed by atoms with E-state index in [1.54, 1.807) is 18.4 Å². The number of thiazole rings is 1. The predicted molar refractivity (Wildman–Crippen MR) is 110 cm³/mol. The topological polar surface area (TPSA) is 52.5 Å². The van der Waals surface area contributed by atoms with Gasteiger partial charge in [-0.2, -0.15) is 24.5 Å². The lowest BCUT2D eigenvalue weighted by molar-refractivity contribution is -0.140. The maximum absolute atomic E-state index is 12.6. The average molecular weight is 434 g/mol. The zero-order valence-corrected chi connectivity index (χ0v) is 17.8. The quantitative estimate of drug-likeness (QED) is 0.463. The molecule has 2 N–H and O–H groups in total. The number of thiophene rings is 1. The Morgan fingerprint density at radius 1 is 1.25 bits per heavy atom. The van der Waals surface area contributed by atoms with Gasteiger partial charge < -0.3 is 10.6 Å². The van der Waals surface area contributed by atoms with Crippen molar-refractivity contribution in [2.24, 2.45) is 4.99 Å². The van der Waals surface area contributed by atoms with Crippen LogP contribution in [0.1, 0.15) is 36.2 Å². The number of nitrogens with one attached hydrogen (secondary N) is 2. The van der Waals surface area contributed by atoms with E-state index in [2.05, 4.69) is 56.2 Å². The fourth-order valence-corrected chi connectivity index (χ4v) is 4.36. The summed E-state index contributed by atoms with van der Waals surface area (Å²) in [5.41, 5.74) is 0.437. The second kappa shape index (κ2) is 10.8. The van der Waals surface area contributed by atoms with Gasteiger partial charge in [-0.1, -0.05) is 13.8 Å². The number of guanidine groups is 1. The summed E-state index contributed by atoms with van der Waals surface area (Å²) in [6.07, 6.45) is -3.98. The van der Waals surface area contributed by atoms with Gasteiger partial charge in [-0.25, -0.2) is 4.98 Å². The standard InChI is InChI=1S/C18H26F3N5S2/c1-4-26(5-2)14(13-7-9-27-11-13)10-24-17(22-3)23-8-6-16-25-15(12-28-16)18(19,20)21/h7,9,11-12,14H,4-6,8,10H2,1-3H3,(H2,22,23,24). The van der Waals surface area contributed by atoms with E-state index >= 15 is 0 Å². The van der Waals surface area contributed by atoms with E-state index in [1.807, 2.05) is 0 Å². The number of alkyl halides is 3. The minimum atomic E-state index is -4.39. The van der Waals surface area contributed by atoms with Crippen molar-refractivity contribution in [2.75, 3.05) is 33.2 Å². The summed E-state index contributed by atoms with van der Waals surface area (Å²) in [6.45, 7) is 7.30. The van der Waals surface area contributed by atoms with Crippen LogP contribution >= 0.6 is 22.7 Å². The zero-order chi connectivity index (χ0) is 20.6. The summed E-state index contributed by atoms with van der Waals surface area (Å²) in [6, 6.07) is 2.36. The first-order chi connectivity index (χ1) is 13.4. The highest BCUT2D eigenvalue weighted by molar-refractivity contribution is 7.09. The minimum absolute atomic E-state index is 0.230. The number of aliphatic imine (C=N–C) groups is 1. The highest BCUT2D eigenvalue weighted by Crippen LogP contribution is 2.30. The van der Waals surface area contributed by atoms with Crippen molar-refractivity contribution in [3.05, 3.63) is 38.5 Å². The lowest BCUT2D eigenvalue weighted by Gasteiger charge is -2.30. The molecule has 0 saturated heterocycles. The second-order valence-electron chi connectivity index (χ2n) is 6.05. The van der Waals surface area contributed by atoms with Gasteiger partial charge in [0.1, 0.15) is 0 Å². The van der Waals surface area contributed by atoms with Crippen molar-refractivity contribution >= 4 is 28.6 Å². The molecule has 0 fully saturated rings. The SMILES string of the molecule is CCN(CC)C(CNC(=NC)NCCc1nc(C(F)(F)F)cs1)c1ccsc1. The van der Waals surface area contributed by atoms with Gasteiger partial charge in [0.2, 0.25) is 0 Å². The summed E-state index contributed by atoms with van der Waals surface area (Å²) in [7, 11) is 1.68. The molecule has 1 atom stereocenters. The van der Waals surface area contributed by atoms with Crippen LogP contribution in [0.15, 0.2) is 27.2 Å². The summed E-state index contributed by atoms with van der Waals surface area (Å²) in [5, 5.41) is 12.2. The van der Waals surface area contributed by atoms with Gasteiger partial charge in [0.15, 0.2) is 11.7 Å². The lowest BCUT2D eigenvalue weighted by Crippen LogP contribution is -2.43. The Balaban J connectivity index is 1.87. The average Bonchev–Trinajstić information content (AvgIpc) is 3.35. The molecule has 2 rings (SSSR count). The molecule has 0 amide bonds. The lowest BCUT2D eigenvalue weighted by atomic mass is 10.1. The predicted octanol–water partition coefficient (Wildman–Crippen LogP) is 4.01. The Bertz CT molecular complexity index is 724. The van der Waals surface area contributed by atoms with Crippen LogP contribution in [0.3, 0.4) is 0 Å². The molecule has 0 radical (unpaired) electrons. The Morgan fingerprint density at radius 3 is 2.54 bits per heavy atom. The first-order valence-corrected chi connectivity index (χ1v) is 10.9. The van der Waals surface area contributed by atoms with E-state index in [0.717, 1.165) is 29.8 Å². The molecule has 0 bridgehead atoms. The normalized spacial score (nSPS) is 13.8. The molecule has 10 heteroatoms. The summed E-state index contributed by atoms with van der Waals surface area (Å²) in [4.78, 5) is 10.2. The fraction of sp³-hybridized carbons (Fsp3) is 0.556. The van der Waals surface area contributed by atoms with E-state index in [4.69, 9.17) is 0 Å². The molecular weight excluding hydrogens is 407 g/mol. The molecule has 156 valence electrons. The zero-order valence-electron chi connectivity index (χ0n) is 16.2. The van der Waals surface area contributed by atoms with Gasteiger partial charge in [-0.05, 0) is 35.5 Å². The monoisotopic (exact) mass is 433 g/mol. The Labute approximate surface area is 171 Å². The summed E-state index contributed by atoms with van der Waals surface area (Å²) >= 11 is 2.70. The van der Waals surface area contributed by atoms with Crippen LogP contribution in [0.25, 0.3) is 0 Å². The number of rotatable bonds is 9. The van der Waals surface area contributed by atoms with Gasteiger partial charge in [0, 0.05) is 31.9 Å². The molecule has 0 saturated carbocycles. The smallest absolute Gasteiger partial charge is 0.356 e. The van der Waals surface area contributed by atoms with Crippen LogP contribution in [0.4, 0.5) is 13.2 Å². The van der Waals surface area contributed by atoms with Crippen molar-refractivity contribution in [1.29, 1.82) is 0 Å². The molecule has 0 aromatic carbocycles. The molecule has 2 aromatic rings. The minimum Gasteiger partial charge on any atom is -0.356 e. The molecule has 0 aliphatic heterocycles. The number of hydrogen-bond acceptors (Lipinski definition) is 5. The molecule has 0 aliphatic rings. The van der Waals surface area contributed by atoms with Crippen LogP contribution in [-0.2, 0) is 12.6 Å². The van der Waals surface area contributed by atoms with Crippen LogP contribution in [0.5, 0.6) is 0 Å². The van der Waals surface area contributed by atoms with E-state index in [9.17, 15) is 13.2 Å². The van der Waals surface area contributed by atoms with E-state index in [0.29, 0.717) is 30.5 Å². The number of aromatic nitrogens is 1. The van der Waals surface area contributed by atoms with Crippen molar-refractivity contribution < 1.29 is 13.2 Å². The van der Waals surface area contributed by atoms with Crippen molar-refractivity contribution in [2.45, 2.75) is 32.5 Å². The third-order valence-corrected chi connectivity index (χ3v) is 5.95. The largest absolute Gasteiger partial charge is 0.434 e. The number of hydrogen-bond donors (Lipinski definition) is 2. The number of halogens is 3. The maximum Gasteiger partial charge on any atom is 0.434 e. The molecule has 2 heterocycles. The third kappa shape index (κ3) is 6.46. The van der Waals surface area contributed by atoms with E-state index in [-0.39, 0.29) is 6.04 Å². The van der Waals surface area contributed by atoms with Crippen LogP contribution in [0.2, 0.25) is 0 Å². The Morgan fingerprint density at radius 2 is 2.00 bits per heavy atom. The molecule has 28 heavy (non-hydrogen) atoms. The molecule has 1 unspecified atom stereocenters. The summed E-state index contributed by atoms with van der Waals surface area (Å²) in [5.74, 6) is 0.625. The van der Waals surface area contributed by atoms with Gasteiger partial charge >= 0.3 is 6.18 Å². The molecule has 0 spiro atoms. The van der Waals surface area contributed by atoms with E-state index in [1.165, 1.54) is 5.56 Å². The third-order valence-electron chi connectivity index (χ3n) is 4.34. The first-order valence-electron chi connectivity index (χ1n) is 9.11. The molecule has 2 aromatic heterocycles. The Hall–Kier alpha value is -1.65. The highest BCUT2D eigenvalue weighted by Gasteiger charge is 2.33. The molecule has 5 nitrogen and oxygen atoms in total. The molecular formula is C18H26F3N5S2. The highest BCUT2D eigenvalue weighted by atomic mass is 32.1. The van der Waals surface area contributed by atoms with Crippen molar-refractivity contribution in [3.63, 3.8) is 0 Å². The number of nitrogens with zero attached hydrogens (tertiary/aromatic N) is 3. The first kappa shape index (κ1) is 22.6. The van der Waals surface area contributed by atoms with Gasteiger partial charge in [0.25, 0.3) is 0 Å². The van der Waals surface area contributed by atoms with Crippen LogP contribution in [-0.4, -0.2) is 49.1 Å². The summed E-state index contributed by atoms with van der Waals surface area (Å²) < 4.78 is 37.9. The Kier molecular flexibility index (Phi) is 8.71. The van der Waals surface area contributed by atoms with Crippen molar-refractivity contribution in [3.8, 4) is 0 Å². The number of likely N-dealkylation sites (N-methyl/N-ethyl adjacent to an activating group) is 1. The van der Waals surface area contributed by atoms with Gasteiger partial charge in [-0.3, -0.25) is 9.89 Å². The fourth-order valence-electron chi connectivity index (χ4n) is 2.84. The van der Waals surface area contributed by atoms with Crippen LogP contribution < -0.4 is 10.6 Å². The molecule has 0 aliphatic carbocycles.